The van der Waals surface area contributed by atoms with Crippen molar-refractivity contribution in [2.45, 2.75) is 30.7 Å². The van der Waals surface area contributed by atoms with Gasteiger partial charge in [0, 0.05) is 18.5 Å². The predicted molar refractivity (Wildman–Crippen MR) is 128 cm³/mol. The fourth-order valence-corrected chi connectivity index (χ4v) is 4.56. The molecular weight excluding hydrogens is 440 g/mol. The lowest BCUT2D eigenvalue weighted by Crippen LogP contribution is -2.26. The van der Waals surface area contributed by atoms with Gasteiger partial charge in [0.15, 0.2) is 0 Å². The Labute approximate surface area is 194 Å². The standard InChI is InChI=1S/C25H28N2O5S/c1-18(20-7-5-4-6-8-20)27-33(29,30)22-13-9-19(10-14-22)11-16-25(28)26-23-17-21(31-2)12-15-24(23)32-3/h4-10,12-15,17-18,27H,11,16H2,1-3H3,(H,26,28)/t18-/m1/s1. The quantitative estimate of drug-likeness (QED) is 0.462. The van der Waals surface area contributed by atoms with Gasteiger partial charge in [-0.05, 0) is 48.7 Å². The summed E-state index contributed by atoms with van der Waals surface area (Å²) in [4.78, 5) is 12.6. The van der Waals surface area contributed by atoms with Gasteiger partial charge < -0.3 is 14.8 Å². The largest absolute Gasteiger partial charge is 0.497 e. The van der Waals surface area contributed by atoms with Gasteiger partial charge in [-0.2, -0.15) is 0 Å². The average molecular weight is 469 g/mol. The molecule has 0 saturated carbocycles. The molecular formula is C25H28N2O5S. The molecule has 0 aliphatic heterocycles. The van der Waals surface area contributed by atoms with Crippen LogP contribution in [0.4, 0.5) is 5.69 Å². The average Bonchev–Trinajstić information content (AvgIpc) is 2.83. The van der Waals surface area contributed by atoms with Gasteiger partial charge in [-0.1, -0.05) is 42.5 Å². The van der Waals surface area contributed by atoms with Crippen molar-refractivity contribution in [1.29, 1.82) is 0 Å². The second-order valence-corrected chi connectivity index (χ2v) is 9.23. The van der Waals surface area contributed by atoms with E-state index < -0.39 is 10.0 Å². The molecule has 0 aromatic heterocycles. The summed E-state index contributed by atoms with van der Waals surface area (Å²) in [5, 5.41) is 2.83. The number of rotatable bonds is 10. The van der Waals surface area contributed by atoms with Gasteiger partial charge in [0.05, 0.1) is 24.8 Å². The molecule has 8 heteroatoms. The van der Waals surface area contributed by atoms with Crippen molar-refractivity contribution >= 4 is 21.6 Å². The number of benzene rings is 3. The molecule has 2 N–H and O–H groups in total. The van der Waals surface area contributed by atoms with Gasteiger partial charge in [-0.3, -0.25) is 4.79 Å². The second-order valence-electron chi connectivity index (χ2n) is 7.51. The molecule has 0 heterocycles. The van der Waals surface area contributed by atoms with Gasteiger partial charge in [0.1, 0.15) is 11.5 Å². The zero-order valence-electron chi connectivity index (χ0n) is 18.9. The number of amides is 1. The highest BCUT2D eigenvalue weighted by atomic mass is 32.2. The lowest BCUT2D eigenvalue weighted by Gasteiger charge is -2.15. The van der Waals surface area contributed by atoms with Crippen LogP contribution in [0.5, 0.6) is 11.5 Å². The van der Waals surface area contributed by atoms with Gasteiger partial charge >= 0.3 is 0 Å². The van der Waals surface area contributed by atoms with Gasteiger partial charge in [0.2, 0.25) is 15.9 Å². The van der Waals surface area contributed by atoms with E-state index in [1.807, 2.05) is 30.3 Å². The van der Waals surface area contributed by atoms with Crippen molar-refractivity contribution in [1.82, 2.24) is 4.72 Å². The van der Waals surface area contributed by atoms with Crippen LogP contribution in [0.25, 0.3) is 0 Å². The smallest absolute Gasteiger partial charge is 0.241 e. The number of nitrogens with one attached hydrogen (secondary N) is 2. The topological polar surface area (TPSA) is 93.7 Å². The maximum atomic E-state index is 12.7. The summed E-state index contributed by atoms with van der Waals surface area (Å²) < 4.78 is 38.6. The number of hydrogen-bond donors (Lipinski definition) is 2. The molecule has 3 rings (SSSR count). The van der Waals surface area contributed by atoms with E-state index in [1.165, 1.54) is 7.11 Å². The van der Waals surface area contributed by atoms with Crippen LogP contribution in [0.2, 0.25) is 0 Å². The molecule has 3 aromatic carbocycles. The normalized spacial score (nSPS) is 12.1. The molecule has 0 aliphatic rings. The van der Waals surface area contributed by atoms with E-state index in [-0.39, 0.29) is 23.3 Å². The zero-order chi connectivity index (χ0) is 23.8. The molecule has 0 bridgehead atoms. The van der Waals surface area contributed by atoms with Crippen LogP contribution in [0.15, 0.2) is 77.7 Å². The third-order valence-corrected chi connectivity index (χ3v) is 6.74. The Morgan fingerprint density at radius 1 is 0.939 bits per heavy atom. The van der Waals surface area contributed by atoms with Gasteiger partial charge in [-0.15, -0.1) is 0 Å². The van der Waals surface area contributed by atoms with E-state index in [4.69, 9.17) is 9.47 Å². The maximum Gasteiger partial charge on any atom is 0.241 e. The third-order valence-electron chi connectivity index (χ3n) is 5.19. The Kier molecular flexibility index (Phi) is 8.08. The first-order valence-corrected chi connectivity index (χ1v) is 12.0. The number of methoxy groups -OCH3 is 2. The van der Waals surface area contributed by atoms with Gasteiger partial charge in [0.25, 0.3) is 0 Å². The van der Waals surface area contributed by atoms with Crippen LogP contribution in [-0.2, 0) is 21.2 Å². The lowest BCUT2D eigenvalue weighted by atomic mass is 10.1. The highest BCUT2D eigenvalue weighted by Gasteiger charge is 2.18. The van der Waals surface area contributed by atoms with Crippen LogP contribution >= 0.6 is 0 Å². The fraction of sp³-hybridized carbons (Fsp3) is 0.240. The van der Waals surface area contributed by atoms with Crippen molar-refractivity contribution in [2.24, 2.45) is 0 Å². The lowest BCUT2D eigenvalue weighted by molar-refractivity contribution is -0.116. The molecule has 0 saturated heterocycles. The van der Waals surface area contributed by atoms with Crippen molar-refractivity contribution in [3.63, 3.8) is 0 Å². The zero-order valence-corrected chi connectivity index (χ0v) is 19.7. The number of sulfonamides is 1. The van der Waals surface area contributed by atoms with Crippen LogP contribution in [0.1, 0.15) is 30.5 Å². The van der Waals surface area contributed by atoms with Crippen LogP contribution < -0.4 is 19.5 Å². The summed E-state index contributed by atoms with van der Waals surface area (Å²) in [6.45, 7) is 1.80. The molecule has 33 heavy (non-hydrogen) atoms. The Hall–Kier alpha value is -3.36. The molecule has 174 valence electrons. The number of carbonyl (C=O) groups excluding carboxylic acids is 1. The highest BCUT2D eigenvalue weighted by molar-refractivity contribution is 7.89. The minimum absolute atomic E-state index is 0.180. The summed E-state index contributed by atoms with van der Waals surface area (Å²) in [5.74, 6) is 0.964. The summed E-state index contributed by atoms with van der Waals surface area (Å²) >= 11 is 0. The maximum absolute atomic E-state index is 12.7. The second kappa shape index (κ2) is 11.0. The SMILES string of the molecule is COc1ccc(OC)c(NC(=O)CCc2ccc(S(=O)(=O)N[C@H](C)c3ccccc3)cc2)c1. The first-order valence-electron chi connectivity index (χ1n) is 10.5. The molecule has 7 nitrogen and oxygen atoms in total. The predicted octanol–water partition coefficient (Wildman–Crippen LogP) is 4.31. The molecule has 0 fully saturated rings. The first kappa shape index (κ1) is 24.3. The van der Waals surface area contributed by atoms with Crippen LogP contribution in [-0.4, -0.2) is 28.5 Å². The summed E-state index contributed by atoms with van der Waals surface area (Å²) in [7, 11) is -0.585. The van der Waals surface area contributed by atoms with Crippen molar-refractivity contribution < 1.29 is 22.7 Å². The van der Waals surface area contributed by atoms with Crippen LogP contribution in [0, 0.1) is 0 Å². The van der Waals surface area contributed by atoms with Crippen molar-refractivity contribution in [2.75, 3.05) is 19.5 Å². The van der Waals surface area contributed by atoms with Crippen LogP contribution in [0.3, 0.4) is 0 Å². The summed E-state index contributed by atoms with van der Waals surface area (Å²) in [6.07, 6.45) is 0.696. The number of anilines is 1. The Morgan fingerprint density at radius 3 is 2.27 bits per heavy atom. The van der Waals surface area contributed by atoms with Gasteiger partial charge in [-0.25, -0.2) is 13.1 Å². The third kappa shape index (κ3) is 6.57. The number of ether oxygens (including phenoxy) is 2. The Balaban J connectivity index is 1.59. The minimum atomic E-state index is -3.67. The van der Waals surface area contributed by atoms with Crippen molar-refractivity contribution in [3.8, 4) is 11.5 Å². The molecule has 0 radical (unpaired) electrons. The Bertz CT molecular complexity index is 1180. The molecule has 1 atom stereocenters. The summed E-state index contributed by atoms with van der Waals surface area (Å²) in [5.41, 5.74) is 2.27. The van der Waals surface area contributed by atoms with Crippen molar-refractivity contribution in [3.05, 3.63) is 83.9 Å². The Morgan fingerprint density at radius 2 is 1.64 bits per heavy atom. The monoisotopic (exact) mass is 468 g/mol. The van der Waals surface area contributed by atoms with E-state index in [0.717, 1.165) is 11.1 Å². The van der Waals surface area contributed by atoms with E-state index in [0.29, 0.717) is 23.6 Å². The van der Waals surface area contributed by atoms with E-state index >= 15 is 0 Å². The van der Waals surface area contributed by atoms with E-state index in [2.05, 4.69) is 10.0 Å². The number of carbonyl (C=O) groups is 1. The first-order chi connectivity index (χ1) is 15.8. The molecule has 0 spiro atoms. The highest BCUT2D eigenvalue weighted by Crippen LogP contribution is 2.29. The van der Waals surface area contributed by atoms with E-state index in [9.17, 15) is 13.2 Å². The molecule has 3 aromatic rings. The molecule has 0 aliphatic carbocycles. The number of aryl methyl sites for hydroxylation is 1. The fourth-order valence-electron chi connectivity index (χ4n) is 3.33. The summed E-state index contributed by atoms with van der Waals surface area (Å²) in [6, 6.07) is 20.7. The molecule has 1 amide bonds. The number of hydrogen-bond acceptors (Lipinski definition) is 5. The molecule has 0 unspecified atom stereocenters. The minimum Gasteiger partial charge on any atom is -0.497 e. The van der Waals surface area contributed by atoms with E-state index in [1.54, 1.807) is 56.5 Å².